The van der Waals surface area contributed by atoms with Crippen LogP contribution in [0.1, 0.15) is 29.6 Å². The number of ketones is 1. The molecule has 154 valence electrons. The summed E-state index contributed by atoms with van der Waals surface area (Å²) in [6, 6.07) is 13.9. The monoisotopic (exact) mass is 423 g/mol. The molecular weight excluding hydrogens is 402 g/mol. The van der Waals surface area contributed by atoms with Crippen LogP contribution in [0.15, 0.2) is 54.7 Å². The minimum Gasteiger partial charge on any atom is -0.341 e. The number of anilines is 1. The molecule has 1 N–H and O–H groups in total. The molecule has 1 aliphatic rings. The Morgan fingerprint density at radius 3 is 2.50 bits per heavy atom. The number of benzene rings is 2. The van der Waals surface area contributed by atoms with Gasteiger partial charge in [0.15, 0.2) is 0 Å². The second-order valence-electron chi connectivity index (χ2n) is 7.42. The number of hydrogen-bond donors (Lipinski definition) is 1. The summed E-state index contributed by atoms with van der Waals surface area (Å²) in [5.74, 6) is -1.38. The average molecular weight is 424 g/mol. The third kappa shape index (κ3) is 4.24. The molecule has 0 unspecified atom stereocenters. The first-order valence-corrected chi connectivity index (χ1v) is 10.4. The highest BCUT2D eigenvalue weighted by Gasteiger charge is 2.23. The molecule has 2 amide bonds. The van der Waals surface area contributed by atoms with Crippen molar-refractivity contribution in [1.82, 2.24) is 9.47 Å². The van der Waals surface area contributed by atoms with Crippen molar-refractivity contribution in [3.05, 3.63) is 65.3 Å². The molecule has 2 heterocycles. The van der Waals surface area contributed by atoms with Gasteiger partial charge in [0.1, 0.15) is 6.54 Å². The van der Waals surface area contributed by atoms with E-state index in [4.69, 9.17) is 11.6 Å². The standard InChI is InChI=1S/C23H22ClN3O3/c24-16-7-6-8-17(13-16)25-23(30)22(29)19-14-27(20-10-3-2-9-18(19)20)15-21(28)26-11-4-1-5-12-26/h2-3,6-10,13-14H,1,4-5,11-12,15H2,(H,25,30). The van der Waals surface area contributed by atoms with E-state index in [9.17, 15) is 14.4 Å². The molecule has 0 saturated carbocycles. The van der Waals surface area contributed by atoms with Gasteiger partial charge in [-0.2, -0.15) is 0 Å². The Bertz CT molecular complexity index is 1120. The molecule has 1 saturated heterocycles. The van der Waals surface area contributed by atoms with E-state index in [1.807, 2.05) is 23.1 Å². The van der Waals surface area contributed by atoms with E-state index in [1.165, 1.54) is 0 Å². The lowest BCUT2D eigenvalue weighted by Crippen LogP contribution is -2.37. The topological polar surface area (TPSA) is 71.4 Å². The van der Waals surface area contributed by atoms with Crippen LogP contribution in [0, 0.1) is 0 Å². The highest BCUT2D eigenvalue weighted by Crippen LogP contribution is 2.23. The Labute approximate surface area is 179 Å². The molecule has 0 aliphatic carbocycles. The van der Waals surface area contributed by atoms with Crippen LogP contribution < -0.4 is 5.32 Å². The lowest BCUT2D eigenvalue weighted by molar-refractivity contribution is -0.132. The number of nitrogens with zero attached hydrogens (tertiary/aromatic N) is 2. The number of halogens is 1. The number of piperidine rings is 1. The molecule has 2 aromatic carbocycles. The van der Waals surface area contributed by atoms with Gasteiger partial charge in [-0.25, -0.2) is 0 Å². The summed E-state index contributed by atoms with van der Waals surface area (Å²) >= 11 is 5.94. The van der Waals surface area contributed by atoms with Gasteiger partial charge in [0.25, 0.3) is 11.7 Å². The van der Waals surface area contributed by atoms with Gasteiger partial charge < -0.3 is 14.8 Å². The van der Waals surface area contributed by atoms with Gasteiger partial charge in [0.05, 0.1) is 5.56 Å². The SMILES string of the molecule is O=C(Nc1cccc(Cl)c1)C(=O)c1cn(CC(=O)N2CCCCC2)c2ccccc12. The summed E-state index contributed by atoms with van der Waals surface area (Å²) in [5.41, 5.74) is 1.48. The molecule has 7 heteroatoms. The third-order valence-electron chi connectivity index (χ3n) is 5.34. The quantitative estimate of drug-likeness (QED) is 0.495. The lowest BCUT2D eigenvalue weighted by Gasteiger charge is -2.27. The Morgan fingerprint density at radius 1 is 0.967 bits per heavy atom. The summed E-state index contributed by atoms with van der Waals surface area (Å²) in [6.07, 6.45) is 4.79. The number of carbonyl (C=O) groups excluding carboxylic acids is 3. The number of carbonyl (C=O) groups is 3. The molecule has 3 aromatic rings. The molecule has 0 bridgehead atoms. The maximum Gasteiger partial charge on any atom is 0.296 e. The predicted molar refractivity (Wildman–Crippen MR) is 117 cm³/mol. The Hall–Kier alpha value is -3.12. The molecule has 0 radical (unpaired) electrons. The zero-order valence-electron chi connectivity index (χ0n) is 16.4. The van der Waals surface area contributed by atoms with Crippen LogP contribution in [0.5, 0.6) is 0 Å². The fraction of sp³-hybridized carbons (Fsp3) is 0.261. The van der Waals surface area contributed by atoms with Gasteiger partial charge in [0, 0.05) is 40.9 Å². The van der Waals surface area contributed by atoms with Gasteiger partial charge >= 0.3 is 0 Å². The first-order chi connectivity index (χ1) is 14.5. The third-order valence-corrected chi connectivity index (χ3v) is 5.57. The number of para-hydroxylation sites is 1. The second-order valence-corrected chi connectivity index (χ2v) is 7.86. The minimum absolute atomic E-state index is 0.0258. The number of likely N-dealkylation sites (tertiary alicyclic amines) is 1. The molecule has 1 fully saturated rings. The molecule has 30 heavy (non-hydrogen) atoms. The summed E-state index contributed by atoms with van der Waals surface area (Å²) in [4.78, 5) is 40.0. The molecular formula is C23H22ClN3O3. The van der Waals surface area contributed by atoms with Crippen molar-refractivity contribution >= 4 is 45.8 Å². The second kappa shape index (κ2) is 8.71. The first kappa shape index (κ1) is 20.2. The van der Waals surface area contributed by atoms with Crippen molar-refractivity contribution in [3.8, 4) is 0 Å². The van der Waals surface area contributed by atoms with E-state index in [0.29, 0.717) is 16.1 Å². The number of rotatable bonds is 5. The predicted octanol–water partition coefficient (Wildman–Crippen LogP) is 4.13. The number of hydrogen-bond acceptors (Lipinski definition) is 3. The fourth-order valence-electron chi connectivity index (χ4n) is 3.82. The van der Waals surface area contributed by atoms with Gasteiger partial charge in [-0.3, -0.25) is 14.4 Å². The number of fused-ring (bicyclic) bond motifs is 1. The zero-order valence-corrected chi connectivity index (χ0v) is 17.2. The highest BCUT2D eigenvalue weighted by atomic mass is 35.5. The van der Waals surface area contributed by atoms with Gasteiger partial charge in [-0.05, 0) is 43.5 Å². The first-order valence-electron chi connectivity index (χ1n) is 10.00. The van der Waals surface area contributed by atoms with Crippen LogP contribution in [-0.4, -0.2) is 40.2 Å². The van der Waals surface area contributed by atoms with Crippen molar-refractivity contribution < 1.29 is 14.4 Å². The summed E-state index contributed by atoms with van der Waals surface area (Å²) in [7, 11) is 0. The van der Waals surface area contributed by atoms with E-state index < -0.39 is 11.7 Å². The van der Waals surface area contributed by atoms with Crippen LogP contribution in [0.3, 0.4) is 0 Å². The van der Waals surface area contributed by atoms with Crippen LogP contribution in [0.4, 0.5) is 5.69 Å². The number of Topliss-reactive ketones (excluding diaryl/α,β-unsaturated/α-hetero) is 1. The van der Waals surface area contributed by atoms with Crippen molar-refractivity contribution in [1.29, 1.82) is 0 Å². The highest BCUT2D eigenvalue weighted by molar-refractivity contribution is 6.48. The Balaban J connectivity index is 1.58. The molecule has 0 atom stereocenters. The molecule has 4 rings (SSSR count). The van der Waals surface area contributed by atoms with Crippen LogP contribution >= 0.6 is 11.6 Å². The number of amides is 2. The summed E-state index contributed by atoms with van der Waals surface area (Å²) in [6.45, 7) is 1.68. The minimum atomic E-state index is -0.748. The van der Waals surface area contributed by atoms with Crippen LogP contribution in [0.2, 0.25) is 5.02 Å². The van der Waals surface area contributed by atoms with Crippen LogP contribution in [0.25, 0.3) is 10.9 Å². The lowest BCUT2D eigenvalue weighted by atomic mass is 10.1. The Morgan fingerprint density at radius 2 is 1.73 bits per heavy atom. The summed E-state index contributed by atoms with van der Waals surface area (Å²) < 4.78 is 1.76. The average Bonchev–Trinajstić information content (AvgIpc) is 3.12. The van der Waals surface area contributed by atoms with Gasteiger partial charge in [0.2, 0.25) is 5.91 Å². The van der Waals surface area contributed by atoms with Crippen molar-refractivity contribution in [3.63, 3.8) is 0 Å². The van der Waals surface area contributed by atoms with Crippen molar-refractivity contribution in [2.24, 2.45) is 0 Å². The number of aromatic nitrogens is 1. The van der Waals surface area contributed by atoms with E-state index in [-0.39, 0.29) is 18.0 Å². The van der Waals surface area contributed by atoms with Crippen molar-refractivity contribution in [2.45, 2.75) is 25.8 Å². The largest absolute Gasteiger partial charge is 0.341 e. The Kier molecular flexibility index (Phi) is 5.86. The van der Waals surface area contributed by atoms with E-state index in [0.717, 1.165) is 37.9 Å². The zero-order chi connectivity index (χ0) is 21.1. The van der Waals surface area contributed by atoms with Crippen molar-refractivity contribution in [2.75, 3.05) is 18.4 Å². The fourth-order valence-corrected chi connectivity index (χ4v) is 4.01. The normalized spacial score (nSPS) is 14.0. The van der Waals surface area contributed by atoms with Crippen LogP contribution in [-0.2, 0) is 16.1 Å². The molecule has 1 aliphatic heterocycles. The maximum atomic E-state index is 12.9. The van der Waals surface area contributed by atoms with E-state index in [2.05, 4.69) is 5.32 Å². The number of nitrogens with one attached hydrogen (secondary N) is 1. The maximum absolute atomic E-state index is 12.9. The summed E-state index contributed by atoms with van der Waals surface area (Å²) in [5, 5.41) is 3.70. The van der Waals surface area contributed by atoms with Gasteiger partial charge in [-0.15, -0.1) is 0 Å². The van der Waals surface area contributed by atoms with Gasteiger partial charge in [-0.1, -0.05) is 35.9 Å². The van der Waals surface area contributed by atoms with E-state index >= 15 is 0 Å². The molecule has 6 nitrogen and oxygen atoms in total. The molecule has 0 spiro atoms. The van der Waals surface area contributed by atoms with E-state index in [1.54, 1.807) is 41.1 Å². The molecule has 1 aromatic heterocycles. The smallest absolute Gasteiger partial charge is 0.296 e.